The lowest BCUT2D eigenvalue weighted by atomic mass is 10.1. The number of nitriles is 1. The van der Waals surface area contributed by atoms with Gasteiger partial charge in [-0.3, -0.25) is 10.1 Å². The molecule has 0 aliphatic carbocycles. The standard InChI is InChI=1S/C15H7Cl2N3O3/c16-12-5-10-11(7-18)15(19(21)14(10)6-13(12)17)8-1-3-9(4-2-8)20(22)23/h1-6,21H. The molecule has 114 valence electrons. The lowest BCUT2D eigenvalue weighted by Crippen LogP contribution is -1.95. The van der Waals surface area contributed by atoms with Crippen molar-refractivity contribution in [1.82, 2.24) is 4.73 Å². The second-order valence-corrected chi connectivity index (χ2v) is 5.55. The van der Waals surface area contributed by atoms with Crippen molar-refractivity contribution in [1.29, 1.82) is 5.26 Å². The monoisotopic (exact) mass is 347 g/mol. The van der Waals surface area contributed by atoms with E-state index in [9.17, 15) is 20.6 Å². The molecule has 0 bridgehead atoms. The highest BCUT2D eigenvalue weighted by Crippen LogP contribution is 2.36. The van der Waals surface area contributed by atoms with Gasteiger partial charge < -0.3 is 5.21 Å². The maximum atomic E-state index is 10.7. The van der Waals surface area contributed by atoms with Crippen LogP contribution in [0.2, 0.25) is 10.0 Å². The maximum absolute atomic E-state index is 10.7. The van der Waals surface area contributed by atoms with Crippen LogP contribution in [-0.4, -0.2) is 14.9 Å². The Bertz CT molecular complexity index is 988. The van der Waals surface area contributed by atoms with Crippen LogP contribution in [-0.2, 0) is 0 Å². The van der Waals surface area contributed by atoms with Crippen molar-refractivity contribution >= 4 is 39.8 Å². The Morgan fingerprint density at radius 3 is 2.35 bits per heavy atom. The first-order chi connectivity index (χ1) is 10.9. The minimum absolute atomic E-state index is 0.0843. The number of nitro benzene ring substituents is 1. The van der Waals surface area contributed by atoms with Crippen LogP contribution < -0.4 is 0 Å². The van der Waals surface area contributed by atoms with E-state index in [-0.39, 0.29) is 27.0 Å². The molecule has 23 heavy (non-hydrogen) atoms. The summed E-state index contributed by atoms with van der Waals surface area (Å²) in [6.07, 6.45) is 0. The van der Waals surface area contributed by atoms with Crippen LogP contribution in [0, 0.1) is 21.4 Å². The summed E-state index contributed by atoms with van der Waals surface area (Å²) in [4.78, 5) is 10.2. The first-order valence-corrected chi connectivity index (χ1v) is 7.07. The number of benzene rings is 2. The normalized spacial score (nSPS) is 10.7. The maximum Gasteiger partial charge on any atom is 0.269 e. The van der Waals surface area contributed by atoms with Gasteiger partial charge in [-0.15, -0.1) is 0 Å². The van der Waals surface area contributed by atoms with E-state index in [0.717, 1.165) is 4.73 Å². The van der Waals surface area contributed by atoms with Crippen molar-refractivity contribution in [2.24, 2.45) is 0 Å². The van der Waals surface area contributed by atoms with E-state index in [2.05, 4.69) is 0 Å². The molecule has 0 spiro atoms. The molecular weight excluding hydrogens is 341 g/mol. The molecule has 1 aromatic heterocycles. The number of nitro groups is 1. The number of aromatic nitrogens is 1. The summed E-state index contributed by atoms with van der Waals surface area (Å²) in [5.41, 5.74) is 1.12. The van der Waals surface area contributed by atoms with E-state index in [1.807, 2.05) is 6.07 Å². The Hall–Kier alpha value is -2.75. The third kappa shape index (κ3) is 2.36. The highest BCUT2D eigenvalue weighted by atomic mass is 35.5. The predicted molar refractivity (Wildman–Crippen MR) is 85.9 cm³/mol. The molecular formula is C15H7Cl2N3O3. The second kappa shape index (κ2) is 5.47. The average Bonchev–Trinajstić information content (AvgIpc) is 2.80. The number of halogens is 2. The van der Waals surface area contributed by atoms with Crippen LogP contribution in [0.4, 0.5) is 5.69 Å². The molecule has 0 saturated carbocycles. The summed E-state index contributed by atoms with van der Waals surface area (Å²) in [5.74, 6) is 0. The summed E-state index contributed by atoms with van der Waals surface area (Å²) in [7, 11) is 0. The van der Waals surface area contributed by atoms with E-state index in [1.54, 1.807) is 0 Å². The van der Waals surface area contributed by atoms with Gasteiger partial charge in [0.05, 0.1) is 26.0 Å². The summed E-state index contributed by atoms with van der Waals surface area (Å²) < 4.78 is 0.831. The minimum Gasteiger partial charge on any atom is -0.428 e. The van der Waals surface area contributed by atoms with Gasteiger partial charge in [0.15, 0.2) is 0 Å². The molecule has 8 heteroatoms. The summed E-state index contributed by atoms with van der Waals surface area (Å²) in [5, 5.41) is 31.5. The molecule has 0 atom stereocenters. The van der Waals surface area contributed by atoms with E-state index in [0.29, 0.717) is 16.5 Å². The van der Waals surface area contributed by atoms with Gasteiger partial charge in [0.25, 0.3) is 5.69 Å². The van der Waals surface area contributed by atoms with Gasteiger partial charge in [-0.2, -0.15) is 9.99 Å². The second-order valence-electron chi connectivity index (χ2n) is 4.73. The van der Waals surface area contributed by atoms with Gasteiger partial charge in [-0.25, -0.2) is 0 Å². The highest BCUT2D eigenvalue weighted by molar-refractivity contribution is 6.42. The van der Waals surface area contributed by atoms with Crippen molar-refractivity contribution in [2.75, 3.05) is 0 Å². The number of non-ortho nitro benzene ring substituents is 1. The van der Waals surface area contributed by atoms with Crippen LogP contribution in [0.3, 0.4) is 0 Å². The van der Waals surface area contributed by atoms with Gasteiger partial charge >= 0.3 is 0 Å². The smallest absolute Gasteiger partial charge is 0.269 e. The van der Waals surface area contributed by atoms with Crippen molar-refractivity contribution < 1.29 is 10.1 Å². The molecule has 0 radical (unpaired) electrons. The lowest BCUT2D eigenvalue weighted by Gasteiger charge is -2.03. The van der Waals surface area contributed by atoms with E-state index >= 15 is 0 Å². The Kier molecular flexibility index (Phi) is 3.60. The van der Waals surface area contributed by atoms with Crippen molar-refractivity contribution in [3.05, 3.63) is 62.1 Å². The Balaban J connectivity index is 2.31. The molecule has 1 heterocycles. The fourth-order valence-corrected chi connectivity index (χ4v) is 2.71. The summed E-state index contributed by atoms with van der Waals surface area (Å²) in [6.45, 7) is 0. The van der Waals surface area contributed by atoms with Gasteiger partial charge in [-0.1, -0.05) is 23.2 Å². The molecule has 0 aliphatic rings. The number of hydrogen-bond donors (Lipinski definition) is 1. The Labute approximate surface area is 139 Å². The Morgan fingerprint density at radius 2 is 1.78 bits per heavy atom. The zero-order valence-corrected chi connectivity index (χ0v) is 12.8. The summed E-state index contributed by atoms with van der Waals surface area (Å²) >= 11 is 11.9. The molecule has 3 aromatic rings. The molecule has 6 nitrogen and oxygen atoms in total. The molecule has 0 amide bonds. The molecule has 1 N–H and O–H groups in total. The zero-order valence-electron chi connectivity index (χ0n) is 11.3. The number of hydrogen-bond acceptors (Lipinski definition) is 4. The number of nitrogens with zero attached hydrogens (tertiary/aromatic N) is 3. The van der Waals surface area contributed by atoms with Crippen LogP contribution >= 0.6 is 23.2 Å². The fraction of sp³-hybridized carbons (Fsp3) is 0. The zero-order chi connectivity index (χ0) is 16.7. The SMILES string of the molecule is N#Cc1c(-c2ccc([N+](=O)[O-])cc2)n(O)c2cc(Cl)c(Cl)cc12. The van der Waals surface area contributed by atoms with Gasteiger partial charge in [0.1, 0.15) is 11.8 Å². The Morgan fingerprint density at radius 1 is 1.17 bits per heavy atom. The largest absolute Gasteiger partial charge is 0.428 e. The van der Waals surface area contributed by atoms with E-state index in [4.69, 9.17) is 23.2 Å². The van der Waals surface area contributed by atoms with Crippen LogP contribution in [0.15, 0.2) is 36.4 Å². The van der Waals surface area contributed by atoms with Gasteiger partial charge in [-0.05, 0) is 24.3 Å². The van der Waals surface area contributed by atoms with E-state index < -0.39 is 4.92 Å². The van der Waals surface area contributed by atoms with Gasteiger partial charge in [0.2, 0.25) is 0 Å². The van der Waals surface area contributed by atoms with Crippen LogP contribution in [0.25, 0.3) is 22.2 Å². The molecule has 0 aliphatic heterocycles. The average molecular weight is 348 g/mol. The molecule has 0 saturated heterocycles. The topological polar surface area (TPSA) is 92.1 Å². The predicted octanol–water partition coefficient (Wildman–Crippen LogP) is 4.63. The fourth-order valence-electron chi connectivity index (χ4n) is 2.39. The van der Waals surface area contributed by atoms with E-state index in [1.165, 1.54) is 36.4 Å². The lowest BCUT2D eigenvalue weighted by molar-refractivity contribution is -0.384. The third-order valence-electron chi connectivity index (χ3n) is 3.45. The molecule has 0 fully saturated rings. The first-order valence-electron chi connectivity index (χ1n) is 6.31. The molecule has 2 aromatic carbocycles. The quantitative estimate of drug-likeness (QED) is 0.415. The number of rotatable bonds is 2. The minimum atomic E-state index is -0.525. The van der Waals surface area contributed by atoms with Crippen molar-refractivity contribution in [2.45, 2.75) is 0 Å². The molecule has 0 unspecified atom stereocenters. The highest BCUT2D eigenvalue weighted by Gasteiger charge is 2.20. The van der Waals surface area contributed by atoms with Crippen molar-refractivity contribution in [3.63, 3.8) is 0 Å². The molecule has 3 rings (SSSR count). The van der Waals surface area contributed by atoms with Gasteiger partial charge in [0, 0.05) is 23.1 Å². The number of fused-ring (bicyclic) bond motifs is 1. The van der Waals surface area contributed by atoms with Crippen molar-refractivity contribution in [3.8, 4) is 17.3 Å². The van der Waals surface area contributed by atoms with Crippen LogP contribution in [0.5, 0.6) is 0 Å². The summed E-state index contributed by atoms with van der Waals surface area (Å²) in [6, 6.07) is 10.5. The first kappa shape index (κ1) is 15.2. The van der Waals surface area contributed by atoms with Crippen LogP contribution in [0.1, 0.15) is 5.56 Å². The third-order valence-corrected chi connectivity index (χ3v) is 4.17.